The third-order valence-electron chi connectivity index (χ3n) is 2.45. The molecule has 0 spiro atoms. The van der Waals surface area contributed by atoms with Crippen molar-refractivity contribution in [2.24, 2.45) is 0 Å². The smallest absolute Gasteiger partial charge is 0.434 e. The largest absolute Gasteiger partial charge is 0.464 e. The molecular weight excluding hydrogens is 225 g/mol. The number of carbonyl (C=O) groups is 1. The standard InChI is InChI=1S/C9H9F3N2O2/c1-5-13-7(9(10,11)12)4-14(5)6-2-3-16-8(6)15/h4,6H,2-3H2,1H3. The summed E-state index contributed by atoms with van der Waals surface area (Å²) in [6.07, 6.45) is -3.25. The van der Waals surface area contributed by atoms with Crippen LogP contribution in [0.25, 0.3) is 0 Å². The van der Waals surface area contributed by atoms with Crippen molar-refractivity contribution >= 4 is 5.97 Å². The van der Waals surface area contributed by atoms with Gasteiger partial charge in [0.05, 0.1) is 6.61 Å². The molecular formula is C9H9F3N2O2. The average Bonchev–Trinajstić information content (AvgIpc) is 2.70. The van der Waals surface area contributed by atoms with Crippen LogP contribution in [0.4, 0.5) is 13.2 Å². The Morgan fingerprint density at radius 1 is 1.56 bits per heavy atom. The zero-order valence-electron chi connectivity index (χ0n) is 8.41. The van der Waals surface area contributed by atoms with Crippen LogP contribution >= 0.6 is 0 Å². The zero-order chi connectivity index (χ0) is 11.9. The SMILES string of the molecule is Cc1nc(C(F)(F)F)cn1C1CCOC1=O. The molecule has 16 heavy (non-hydrogen) atoms. The molecule has 1 atom stereocenters. The Morgan fingerprint density at radius 3 is 2.69 bits per heavy atom. The van der Waals surface area contributed by atoms with E-state index in [1.165, 1.54) is 11.5 Å². The minimum absolute atomic E-state index is 0.163. The Kier molecular flexibility index (Phi) is 2.40. The van der Waals surface area contributed by atoms with Gasteiger partial charge in [0.1, 0.15) is 11.9 Å². The third kappa shape index (κ3) is 1.77. The first-order valence-corrected chi connectivity index (χ1v) is 4.69. The number of carbonyl (C=O) groups excluding carboxylic acids is 1. The predicted octanol–water partition coefficient (Wildman–Crippen LogP) is 1.70. The molecule has 1 aliphatic heterocycles. The number of ether oxygens (including phenoxy) is 1. The fourth-order valence-corrected chi connectivity index (χ4v) is 1.68. The van der Waals surface area contributed by atoms with E-state index in [-0.39, 0.29) is 12.4 Å². The summed E-state index contributed by atoms with van der Waals surface area (Å²) in [5.74, 6) is -0.342. The second-order valence-corrected chi connectivity index (χ2v) is 3.55. The molecule has 7 heteroatoms. The number of alkyl halides is 3. The first kappa shape index (κ1) is 11.0. The van der Waals surface area contributed by atoms with Crippen LogP contribution in [-0.2, 0) is 15.7 Å². The molecule has 0 saturated carbocycles. The van der Waals surface area contributed by atoms with Crippen molar-refractivity contribution < 1.29 is 22.7 Å². The topological polar surface area (TPSA) is 44.1 Å². The summed E-state index contributed by atoms with van der Waals surface area (Å²) in [5, 5.41) is 0. The molecule has 0 aliphatic carbocycles. The molecule has 1 fully saturated rings. The van der Waals surface area contributed by atoms with Gasteiger partial charge < -0.3 is 9.30 Å². The summed E-state index contributed by atoms with van der Waals surface area (Å²) in [4.78, 5) is 14.6. The maximum absolute atomic E-state index is 12.4. The van der Waals surface area contributed by atoms with E-state index < -0.39 is 23.9 Å². The van der Waals surface area contributed by atoms with Crippen molar-refractivity contribution in [2.45, 2.75) is 25.6 Å². The van der Waals surface area contributed by atoms with Gasteiger partial charge in [0.25, 0.3) is 0 Å². The van der Waals surface area contributed by atoms with Gasteiger partial charge in [-0.1, -0.05) is 0 Å². The van der Waals surface area contributed by atoms with Crippen molar-refractivity contribution in [3.8, 4) is 0 Å². The van der Waals surface area contributed by atoms with E-state index in [2.05, 4.69) is 4.98 Å². The molecule has 1 aromatic rings. The molecule has 1 aliphatic rings. The van der Waals surface area contributed by atoms with E-state index >= 15 is 0 Å². The number of imidazole rings is 1. The van der Waals surface area contributed by atoms with E-state index in [0.29, 0.717) is 6.42 Å². The monoisotopic (exact) mass is 234 g/mol. The molecule has 0 N–H and O–H groups in total. The lowest BCUT2D eigenvalue weighted by molar-refractivity contribution is -0.142. The van der Waals surface area contributed by atoms with Crippen LogP contribution in [0.1, 0.15) is 24.0 Å². The van der Waals surface area contributed by atoms with Crippen molar-refractivity contribution in [1.82, 2.24) is 9.55 Å². The lowest BCUT2D eigenvalue weighted by Crippen LogP contribution is -2.14. The number of cyclic esters (lactones) is 1. The number of aryl methyl sites for hydroxylation is 1. The third-order valence-corrected chi connectivity index (χ3v) is 2.45. The maximum Gasteiger partial charge on any atom is 0.434 e. The first-order chi connectivity index (χ1) is 7.39. The van der Waals surface area contributed by atoms with E-state index in [9.17, 15) is 18.0 Å². The second-order valence-electron chi connectivity index (χ2n) is 3.55. The van der Waals surface area contributed by atoms with Crippen LogP contribution in [0.3, 0.4) is 0 Å². The summed E-state index contributed by atoms with van der Waals surface area (Å²) >= 11 is 0. The van der Waals surface area contributed by atoms with Gasteiger partial charge in [-0.3, -0.25) is 0 Å². The molecule has 0 bridgehead atoms. The van der Waals surface area contributed by atoms with E-state index in [0.717, 1.165) is 6.20 Å². The number of aromatic nitrogens is 2. The normalized spacial score (nSPS) is 21.2. The number of hydrogen-bond donors (Lipinski definition) is 0. The van der Waals surface area contributed by atoms with Crippen LogP contribution in [0.2, 0.25) is 0 Å². The van der Waals surface area contributed by atoms with E-state index in [1.807, 2.05) is 0 Å². The van der Waals surface area contributed by atoms with Gasteiger partial charge in [-0.15, -0.1) is 0 Å². The quantitative estimate of drug-likeness (QED) is 0.694. The number of esters is 1. The molecule has 0 amide bonds. The van der Waals surface area contributed by atoms with Gasteiger partial charge in [-0.2, -0.15) is 13.2 Å². The molecule has 2 heterocycles. The fourth-order valence-electron chi connectivity index (χ4n) is 1.68. The van der Waals surface area contributed by atoms with Gasteiger partial charge in [-0.25, -0.2) is 9.78 Å². The van der Waals surface area contributed by atoms with Crippen molar-refractivity contribution in [1.29, 1.82) is 0 Å². The van der Waals surface area contributed by atoms with Gasteiger partial charge in [-0.05, 0) is 6.92 Å². The highest BCUT2D eigenvalue weighted by Gasteiger charge is 2.37. The number of hydrogen-bond acceptors (Lipinski definition) is 3. The average molecular weight is 234 g/mol. The first-order valence-electron chi connectivity index (χ1n) is 4.69. The molecule has 2 rings (SSSR count). The fraction of sp³-hybridized carbons (Fsp3) is 0.556. The van der Waals surface area contributed by atoms with Crippen LogP contribution in [0.15, 0.2) is 6.20 Å². The summed E-state index contributed by atoms with van der Waals surface area (Å²) in [6.45, 7) is 1.67. The maximum atomic E-state index is 12.4. The number of rotatable bonds is 1. The van der Waals surface area contributed by atoms with Gasteiger partial charge in [0.15, 0.2) is 5.69 Å². The summed E-state index contributed by atoms with van der Waals surface area (Å²) in [7, 11) is 0. The molecule has 1 unspecified atom stereocenters. The molecule has 1 aromatic heterocycles. The highest BCUT2D eigenvalue weighted by Crippen LogP contribution is 2.30. The molecule has 0 aromatic carbocycles. The van der Waals surface area contributed by atoms with Crippen LogP contribution in [0.5, 0.6) is 0 Å². The van der Waals surface area contributed by atoms with E-state index in [1.54, 1.807) is 0 Å². The van der Waals surface area contributed by atoms with Crippen LogP contribution in [0, 0.1) is 6.92 Å². The highest BCUT2D eigenvalue weighted by molar-refractivity contribution is 5.76. The van der Waals surface area contributed by atoms with Crippen molar-refractivity contribution in [3.05, 3.63) is 17.7 Å². The Balaban J connectivity index is 2.35. The lowest BCUT2D eigenvalue weighted by Gasteiger charge is -2.08. The Hall–Kier alpha value is -1.53. The molecule has 1 saturated heterocycles. The minimum Gasteiger partial charge on any atom is -0.464 e. The van der Waals surface area contributed by atoms with Gasteiger partial charge in [0, 0.05) is 12.6 Å². The number of halogens is 3. The minimum atomic E-state index is -4.49. The zero-order valence-corrected chi connectivity index (χ0v) is 8.41. The molecule has 88 valence electrons. The summed E-state index contributed by atoms with van der Waals surface area (Å²) < 4.78 is 43.0. The number of nitrogens with zero attached hydrogens (tertiary/aromatic N) is 2. The Bertz CT molecular complexity index is 425. The Labute approximate surface area is 89.0 Å². The molecule has 4 nitrogen and oxygen atoms in total. The highest BCUT2D eigenvalue weighted by atomic mass is 19.4. The summed E-state index contributed by atoms with van der Waals surface area (Å²) in [5.41, 5.74) is -0.982. The molecule has 0 radical (unpaired) electrons. The van der Waals surface area contributed by atoms with E-state index in [4.69, 9.17) is 4.74 Å². The summed E-state index contributed by atoms with van der Waals surface area (Å²) in [6, 6.07) is -0.677. The van der Waals surface area contributed by atoms with Gasteiger partial charge in [0.2, 0.25) is 0 Å². The Morgan fingerprint density at radius 2 is 2.25 bits per heavy atom. The predicted molar refractivity (Wildman–Crippen MR) is 46.6 cm³/mol. The van der Waals surface area contributed by atoms with Crippen LogP contribution in [-0.4, -0.2) is 22.1 Å². The van der Waals surface area contributed by atoms with Crippen LogP contribution < -0.4 is 0 Å². The van der Waals surface area contributed by atoms with Gasteiger partial charge >= 0.3 is 12.1 Å². The second kappa shape index (κ2) is 3.50. The van der Waals surface area contributed by atoms with Crippen molar-refractivity contribution in [2.75, 3.05) is 6.61 Å². The van der Waals surface area contributed by atoms with Crippen molar-refractivity contribution in [3.63, 3.8) is 0 Å². The lowest BCUT2D eigenvalue weighted by atomic mass is 10.2.